The number of fused-ring (bicyclic) bond motifs is 5. The molecule has 25 heavy (non-hydrogen) atoms. The Balaban J connectivity index is 1.67. The van der Waals surface area contributed by atoms with E-state index < -0.39 is 0 Å². The lowest BCUT2D eigenvalue weighted by molar-refractivity contribution is -0.134. The van der Waals surface area contributed by atoms with E-state index in [2.05, 4.69) is 13.8 Å². The third-order valence-electron chi connectivity index (χ3n) is 8.10. The van der Waals surface area contributed by atoms with E-state index in [1.807, 2.05) is 6.08 Å². The van der Waals surface area contributed by atoms with Gasteiger partial charge < -0.3 is 4.74 Å². The molecular weight excluding hydrogens is 312 g/mol. The van der Waals surface area contributed by atoms with Crippen LogP contribution in [-0.2, 0) is 14.3 Å². The minimum atomic E-state index is -0.0711. The summed E-state index contributed by atoms with van der Waals surface area (Å²) in [4.78, 5) is 24.6. The summed E-state index contributed by atoms with van der Waals surface area (Å²) in [5.41, 5.74) is 1.37. The van der Waals surface area contributed by atoms with Gasteiger partial charge in [-0.05, 0) is 68.8 Å². The molecule has 5 atom stereocenters. The fourth-order valence-electron chi connectivity index (χ4n) is 6.80. The second-order valence-corrected chi connectivity index (χ2v) is 9.18. The van der Waals surface area contributed by atoms with Crippen LogP contribution in [0, 0.1) is 28.6 Å². The zero-order chi connectivity index (χ0) is 17.7. The van der Waals surface area contributed by atoms with Crippen LogP contribution in [0.25, 0.3) is 0 Å². The number of carbonyl (C=O) groups excluding carboxylic acids is 2. The number of Topliss-reactive ketones (excluding diaryl/α,β-unsaturated/α-hetero) is 1. The molecule has 0 radical (unpaired) electrons. The van der Waals surface area contributed by atoms with Crippen LogP contribution in [-0.4, -0.2) is 24.8 Å². The topological polar surface area (TPSA) is 43.4 Å². The second kappa shape index (κ2) is 6.33. The molecule has 3 saturated carbocycles. The standard InChI is InChI=1S/C22H32O3/c1-3-12-25-14-22-11-8-16(23)13-15(22)4-5-17-18-6-7-20(24)21(18,2)10-9-19(17)22/h13,17-19H,3-12,14H2,1-2H3/t17-,18-,19-,21-,22+/m0/s1. The van der Waals surface area contributed by atoms with Crippen LogP contribution >= 0.6 is 0 Å². The summed E-state index contributed by atoms with van der Waals surface area (Å²) in [6.45, 7) is 5.97. The van der Waals surface area contributed by atoms with E-state index in [4.69, 9.17) is 4.74 Å². The smallest absolute Gasteiger partial charge is 0.155 e. The maximum absolute atomic E-state index is 12.5. The van der Waals surface area contributed by atoms with Crippen molar-refractivity contribution in [2.45, 2.75) is 71.6 Å². The number of ether oxygens (including phenoxy) is 1. The molecule has 0 aromatic rings. The van der Waals surface area contributed by atoms with E-state index in [1.165, 1.54) is 5.57 Å². The van der Waals surface area contributed by atoms with Crippen molar-refractivity contribution in [3.63, 3.8) is 0 Å². The molecule has 4 aliphatic carbocycles. The first kappa shape index (κ1) is 17.5. The van der Waals surface area contributed by atoms with Crippen LogP contribution in [0.3, 0.4) is 0 Å². The largest absolute Gasteiger partial charge is 0.381 e. The normalized spacial score (nSPS) is 43.3. The van der Waals surface area contributed by atoms with Crippen molar-refractivity contribution >= 4 is 11.6 Å². The highest BCUT2D eigenvalue weighted by molar-refractivity contribution is 5.91. The SMILES string of the molecule is CCCOC[C@]12CCC(=O)C=C1CC[C@@H]1[C@@H]2CC[C@]2(C)C(=O)CC[C@@H]12. The van der Waals surface area contributed by atoms with Gasteiger partial charge in [-0.25, -0.2) is 0 Å². The first-order valence-electron chi connectivity index (χ1n) is 10.4. The minimum absolute atomic E-state index is 0.0684. The summed E-state index contributed by atoms with van der Waals surface area (Å²) >= 11 is 0. The van der Waals surface area contributed by atoms with Crippen molar-refractivity contribution in [1.82, 2.24) is 0 Å². The highest BCUT2D eigenvalue weighted by Gasteiger charge is 2.60. The number of carbonyl (C=O) groups is 2. The Labute approximate surface area is 151 Å². The zero-order valence-electron chi connectivity index (χ0n) is 15.8. The van der Waals surface area contributed by atoms with Crippen molar-refractivity contribution in [2.24, 2.45) is 28.6 Å². The summed E-state index contributed by atoms with van der Waals surface area (Å²) in [7, 11) is 0. The third kappa shape index (κ3) is 2.57. The summed E-state index contributed by atoms with van der Waals surface area (Å²) in [5.74, 6) is 2.60. The van der Waals surface area contributed by atoms with E-state index in [-0.39, 0.29) is 10.8 Å². The molecule has 0 spiro atoms. The number of rotatable bonds is 4. The Morgan fingerprint density at radius 1 is 1.08 bits per heavy atom. The second-order valence-electron chi connectivity index (χ2n) is 9.18. The van der Waals surface area contributed by atoms with Gasteiger partial charge >= 0.3 is 0 Å². The first-order chi connectivity index (χ1) is 12.0. The summed E-state index contributed by atoms with van der Waals surface area (Å²) in [6, 6.07) is 0. The quantitative estimate of drug-likeness (QED) is 0.706. The van der Waals surface area contributed by atoms with Crippen LogP contribution in [0.4, 0.5) is 0 Å². The van der Waals surface area contributed by atoms with Crippen molar-refractivity contribution in [2.75, 3.05) is 13.2 Å². The predicted molar refractivity (Wildman–Crippen MR) is 97.2 cm³/mol. The van der Waals surface area contributed by atoms with E-state index >= 15 is 0 Å². The van der Waals surface area contributed by atoms with E-state index in [0.29, 0.717) is 35.7 Å². The van der Waals surface area contributed by atoms with Crippen molar-refractivity contribution < 1.29 is 14.3 Å². The molecule has 4 rings (SSSR count). The molecule has 0 aliphatic heterocycles. The molecule has 0 heterocycles. The molecule has 0 saturated heterocycles. The van der Waals surface area contributed by atoms with Crippen LogP contribution < -0.4 is 0 Å². The molecule has 3 nitrogen and oxygen atoms in total. The molecule has 0 N–H and O–H groups in total. The lowest BCUT2D eigenvalue weighted by atomic mass is 9.47. The van der Waals surface area contributed by atoms with Gasteiger partial charge in [-0.15, -0.1) is 0 Å². The van der Waals surface area contributed by atoms with Crippen LogP contribution in [0.15, 0.2) is 11.6 Å². The minimum Gasteiger partial charge on any atom is -0.381 e. The van der Waals surface area contributed by atoms with Gasteiger partial charge in [0.05, 0.1) is 6.61 Å². The van der Waals surface area contributed by atoms with Crippen LogP contribution in [0.2, 0.25) is 0 Å². The van der Waals surface area contributed by atoms with Crippen LogP contribution in [0.5, 0.6) is 0 Å². The lowest BCUT2D eigenvalue weighted by Gasteiger charge is -2.57. The fraction of sp³-hybridized carbons (Fsp3) is 0.818. The molecule has 4 aliphatic rings. The molecule has 3 fully saturated rings. The van der Waals surface area contributed by atoms with Gasteiger partial charge in [-0.2, -0.15) is 0 Å². The first-order valence-corrected chi connectivity index (χ1v) is 10.4. The Hall–Kier alpha value is -0.960. The van der Waals surface area contributed by atoms with Gasteiger partial charge in [0.25, 0.3) is 0 Å². The van der Waals surface area contributed by atoms with Gasteiger partial charge in [-0.1, -0.05) is 19.4 Å². The Morgan fingerprint density at radius 2 is 1.92 bits per heavy atom. The maximum atomic E-state index is 12.5. The Morgan fingerprint density at radius 3 is 2.72 bits per heavy atom. The third-order valence-corrected chi connectivity index (χ3v) is 8.10. The molecule has 138 valence electrons. The van der Waals surface area contributed by atoms with Gasteiger partial charge in [0.2, 0.25) is 0 Å². The van der Waals surface area contributed by atoms with E-state index in [1.54, 1.807) is 0 Å². The van der Waals surface area contributed by atoms with Crippen molar-refractivity contribution in [3.05, 3.63) is 11.6 Å². The number of ketones is 2. The van der Waals surface area contributed by atoms with Crippen LogP contribution in [0.1, 0.15) is 71.6 Å². The summed E-state index contributed by atoms with van der Waals surface area (Å²) < 4.78 is 6.11. The molecule has 3 heteroatoms. The molecular formula is C22H32O3. The number of hydrogen-bond donors (Lipinski definition) is 0. The van der Waals surface area contributed by atoms with Crippen molar-refractivity contribution in [1.29, 1.82) is 0 Å². The Kier molecular flexibility index (Phi) is 4.42. The molecule has 0 amide bonds. The summed E-state index contributed by atoms with van der Waals surface area (Å²) in [5, 5.41) is 0. The summed E-state index contributed by atoms with van der Waals surface area (Å²) in [6.07, 6.45) is 10.9. The zero-order valence-corrected chi connectivity index (χ0v) is 15.8. The average molecular weight is 344 g/mol. The van der Waals surface area contributed by atoms with Gasteiger partial charge in [-0.3, -0.25) is 9.59 Å². The predicted octanol–water partition coefficient (Wildman–Crippen LogP) is 4.49. The maximum Gasteiger partial charge on any atom is 0.155 e. The number of hydrogen-bond acceptors (Lipinski definition) is 3. The van der Waals surface area contributed by atoms with Gasteiger partial charge in [0, 0.05) is 30.3 Å². The monoisotopic (exact) mass is 344 g/mol. The van der Waals surface area contributed by atoms with Gasteiger partial charge in [0.15, 0.2) is 5.78 Å². The van der Waals surface area contributed by atoms with E-state index in [0.717, 1.165) is 64.6 Å². The van der Waals surface area contributed by atoms with Gasteiger partial charge in [0.1, 0.15) is 5.78 Å². The molecule has 0 unspecified atom stereocenters. The molecule has 0 aromatic carbocycles. The lowest BCUT2D eigenvalue weighted by Crippen LogP contribution is -2.53. The molecule has 0 aromatic heterocycles. The highest BCUT2D eigenvalue weighted by Crippen LogP contribution is 2.64. The van der Waals surface area contributed by atoms with Crippen molar-refractivity contribution in [3.8, 4) is 0 Å². The van der Waals surface area contributed by atoms with E-state index in [9.17, 15) is 9.59 Å². The fourth-order valence-corrected chi connectivity index (χ4v) is 6.80. The Bertz CT molecular complexity index is 606. The highest BCUT2D eigenvalue weighted by atomic mass is 16.5. The molecule has 0 bridgehead atoms. The average Bonchev–Trinajstić information content (AvgIpc) is 2.91.